The SMILES string of the molecule is CC(C)Oc1cc(CN2CCC3(CC2C)CN(C)S(O)(O)N3c2cc(F)ccc2C#N)ccc1O. The molecule has 0 bridgehead atoms. The van der Waals surface area contributed by atoms with Crippen molar-refractivity contribution >= 4 is 16.6 Å². The lowest BCUT2D eigenvalue weighted by molar-refractivity contribution is 0.100. The third-order valence-corrected chi connectivity index (χ3v) is 8.88. The van der Waals surface area contributed by atoms with E-state index in [1.807, 2.05) is 26.0 Å². The van der Waals surface area contributed by atoms with Gasteiger partial charge in [-0.25, -0.2) is 8.70 Å². The molecular weight excluding hydrogens is 471 g/mol. The third-order valence-electron chi connectivity index (χ3n) is 6.85. The highest BCUT2D eigenvalue weighted by Gasteiger charge is 2.56. The van der Waals surface area contributed by atoms with Gasteiger partial charge in [-0.05, 0) is 63.4 Å². The largest absolute Gasteiger partial charge is 0.504 e. The van der Waals surface area contributed by atoms with Crippen LogP contribution < -0.4 is 9.04 Å². The van der Waals surface area contributed by atoms with Crippen LogP contribution in [0.15, 0.2) is 36.4 Å². The van der Waals surface area contributed by atoms with Crippen LogP contribution >= 0.6 is 11.0 Å². The quantitative estimate of drug-likeness (QED) is 0.526. The zero-order chi connectivity index (χ0) is 25.5. The molecule has 2 aliphatic rings. The summed E-state index contributed by atoms with van der Waals surface area (Å²) in [7, 11) is -1.77. The number of phenols is 1. The number of ether oxygens (including phenoxy) is 1. The molecule has 0 amide bonds. The van der Waals surface area contributed by atoms with Crippen LogP contribution in [0.4, 0.5) is 10.1 Å². The number of halogens is 1. The second-order valence-corrected chi connectivity index (χ2v) is 11.8. The van der Waals surface area contributed by atoms with Crippen molar-refractivity contribution in [1.82, 2.24) is 9.21 Å². The Hall–Kier alpha value is -2.55. The predicted octanol–water partition coefficient (Wildman–Crippen LogP) is 4.95. The molecule has 2 aromatic rings. The van der Waals surface area contributed by atoms with Gasteiger partial charge in [0.1, 0.15) is 11.9 Å². The van der Waals surface area contributed by atoms with E-state index in [1.165, 1.54) is 26.8 Å². The molecule has 0 radical (unpaired) electrons. The molecule has 3 N–H and O–H groups in total. The van der Waals surface area contributed by atoms with Gasteiger partial charge in [-0.3, -0.25) is 14.0 Å². The monoisotopic (exact) mass is 504 g/mol. The first-order chi connectivity index (χ1) is 16.5. The lowest BCUT2D eigenvalue weighted by atomic mass is 9.82. The fourth-order valence-corrected chi connectivity index (χ4v) is 7.13. The minimum atomic E-state index is -3.41. The van der Waals surface area contributed by atoms with Gasteiger partial charge < -0.3 is 9.84 Å². The molecule has 190 valence electrons. The highest BCUT2D eigenvalue weighted by atomic mass is 32.3. The van der Waals surface area contributed by atoms with E-state index in [9.17, 15) is 23.9 Å². The van der Waals surface area contributed by atoms with Crippen LogP contribution in [-0.2, 0) is 6.54 Å². The van der Waals surface area contributed by atoms with Crippen molar-refractivity contribution < 1.29 is 23.3 Å². The van der Waals surface area contributed by atoms with Crippen LogP contribution in [-0.4, -0.2) is 61.2 Å². The average molecular weight is 505 g/mol. The Balaban J connectivity index is 1.61. The van der Waals surface area contributed by atoms with Gasteiger partial charge in [0, 0.05) is 38.8 Å². The Labute approximate surface area is 207 Å². The number of likely N-dealkylation sites (N-methyl/N-ethyl adjacent to an activating group) is 1. The molecule has 10 heteroatoms. The molecule has 2 aliphatic heterocycles. The Kier molecular flexibility index (Phi) is 6.92. The van der Waals surface area contributed by atoms with Crippen LogP contribution in [0.5, 0.6) is 11.5 Å². The minimum Gasteiger partial charge on any atom is -0.504 e. The molecule has 2 fully saturated rings. The summed E-state index contributed by atoms with van der Waals surface area (Å²) >= 11 is 0. The summed E-state index contributed by atoms with van der Waals surface area (Å²) in [6, 6.07) is 11.3. The molecule has 2 unspecified atom stereocenters. The molecular formula is C25H33FN4O4S. The maximum atomic E-state index is 14.2. The second-order valence-electron chi connectivity index (χ2n) is 9.81. The summed E-state index contributed by atoms with van der Waals surface area (Å²) in [4.78, 5) is 2.30. The number of hydrogen-bond acceptors (Lipinski definition) is 8. The summed E-state index contributed by atoms with van der Waals surface area (Å²) in [5, 5.41) is 19.8. The predicted molar refractivity (Wildman–Crippen MR) is 135 cm³/mol. The van der Waals surface area contributed by atoms with E-state index >= 15 is 0 Å². The van der Waals surface area contributed by atoms with Crippen molar-refractivity contribution in [2.75, 3.05) is 24.4 Å². The van der Waals surface area contributed by atoms with Crippen molar-refractivity contribution in [3.63, 3.8) is 0 Å². The summed E-state index contributed by atoms with van der Waals surface area (Å²) in [5.74, 6) is 0.0220. The van der Waals surface area contributed by atoms with Gasteiger partial charge in [-0.2, -0.15) is 9.57 Å². The van der Waals surface area contributed by atoms with Gasteiger partial charge in [0.05, 0.1) is 22.9 Å². The number of nitrogens with zero attached hydrogens (tertiary/aromatic N) is 4. The van der Waals surface area contributed by atoms with Gasteiger partial charge in [0.15, 0.2) is 11.5 Å². The number of piperidine rings is 1. The molecule has 35 heavy (non-hydrogen) atoms. The molecule has 8 nitrogen and oxygen atoms in total. The van der Waals surface area contributed by atoms with Crippen LogP contribution in [0.1, 0.15) is 44.7 Å². The van der Waals surface area contributed by atoms with Gasteiger partial charge >= 0.3 is 0 Å². The number of aromatic hydroxyl groups is 1. The summed E-state index contributed by atoms with van der Waals surface area (Å²) in [6.45, 7) is 7.60. The number of benzene rings is 2. The topological polar surface area (TPSA) is 103 Å². The molecule has 2 heterocycles. The first-order valence-electron chi connectivity index (χ1n) is 11.7. The maximum absolute atomic E-state index is 14.2. The average Bonchev–Trinajstić information content (AvgIpc) is 2.96. The third kappa shape index (κ3) is 4.79. The summed E-state index contributed by atoms with van der Waals surface area (Å²) in [5.41, 5.74) is 0.760. The molecule has 0 saturated carbocycles. The Morgan fingerprint density at radius 1 is 1.26 bits per heavy atom. The summed E-state index contributed by atoms with van der Waals surface area (Å²) in [6.07, 6.45) is 1.14. The van der Waals surface area contributed by atoms with Crippen LogP contribution in [0.25, 0.3) is 0 Å². The van der Waals surface area contributed by atoms with Crippen molar-refractivity contribution in [1.29, 1.82) is 5.26 Å². The van der Waals surface area contributed by atoms with Crippen molar-refractivity contribution in [3.05, 3.63) is 53.3 Å². The standard InChI is InChI=1S/C25H33FN4O4S/c1-17(2)34-24-11-19(5-8-23(24)31)15-29-10-9-25(13-18(29)3)16-28(4)35(32,33)30(25)22-12-21(26)7-6-20(22)14-27/h5-8,11-12,17-18,31-33H,9-10,13,15-16H2,1-4H3. The zero-order valence-electron chi connectivity index (χ0n) is 20.5. The van der Waals surface area contributed by atoms with Crippen LogP contribution in [0.2, 0.25) is 0 Å². The lowest BCUT2D eigenvalue weighted by Gasteiger charge is -2.51. The zero-order valence-corrected chi connectivity index (χ0v) is 21.3. The van der Waals surface area contributed by atoms with Crippen LogP contribution in [0.3, 0.4) is 0 Å². The van der Waals surface area contributed by atoms with E-state index in [0.717, 1.165) is 5.56 Å². The Morgan fingerprint density at radius 3 is 2.66 bits per heavy atom. The Morgan fingerprint density at radius 2 is 2.00 bits per heavy atom. The smallest absolute Gasteiger partial charge is 0.161 e. The molecule has 2 atom stereocenters. The Bertz CT molecular complexity index is 1140. The number of likely N-dealkylation sites (tertiary alicyclic amines) is 1. The molecule has 0 aromatic heterocycles. The second kappa shape index (κ2) is 9.48. The number of hydrogen-bond donors (Lipinski definition) is 3. The van der Waals surface area contributed by atoms with Crippen molar-refractivity contribution in [2.45, 2.75) is 57.8 Å². The van der Waals surface area contributed by atoms with Crippen LogP contribution in [0, 0.1) is 17.1 Å². The van der Waals surface area contributed by atoms with Gasteiger partial charge in [-0.15, -0.1) is 0 Å². The molecule has 1 spiro atoms. The maximum Gasteiger partial charge on any atom is 0.161 e. The fourth-order valence-electron chi connectivity index (χ4n) is 5.28. The van der Waals surface area contributed by atoms with Crippen molar-refractivity contribution in [3.8, 4) is 17.6 Å². The fraction of sp³-hybridized carbons (Fsp3) is 0.480. The molecule has 4 rings (SSSR count). The van der Waals surface area contributed by atoms with E-state index in [-0.39, 0.29) is 29.1 Å². The van der Waals surface area contributed by atoms with E-state index in [1.54, 1.807) is 13.1 Å². The first-order valence-corrected chi connectivity index (χ1v) is 13.1. The summed E-state index contributed by atoms with van der Waals surface area (Å²) < 4.78 is 45.2. The number of rotatable bonds is 5. The highest BCUT2D eigenvalue weighted by molar-refractivity contribution is 8.23. The number of anilines is 1. The van der Waals surface area contributed by atoms with E-state index in [2.05, 4.69) is 17.9 Å². The van der Waals surface area contributed by atoms with Gasteiger partial charge in [0.25, 0.3) is 0 Å². The first kappa shape index (κ1) is 25.5. The van der Waals surface area contributed by atoms with Gasteiger partial charge in [0.2, 0.25) is 0 Å². The molecule has 2 saturated heterocycles. The van der Waals surface area contributed by atoms with E-state index in [0.29, 0.717) is 38.2 Å². The highest BCUT2D eigenvalue weighted by Crippen LogP contribution is 2.61. The van der Waals surface area contributed by atoms with Crippen molar-refractivity contribution in [2.24, 2.45) is 0 Å². The minimum absolute atomic E-state index is 0.0592. The number of nitriles is 1. The molecule has 2 aromatic carbocycles. The number of phenolic OH excluding ortho intramolecular Hbond substituents is 1. The lowest BCUT2D eigenvalue weighted by Crippen LogP contribution is -2.57. The van der Waals surface area contributed by atoms with E-state index in [4.69, 9.17) is 4.74 Å². The normalized spacial score (nSPS) is 25.7. The van der Waals surface area contributed by atoms with Gasteiger partial charge in [-0.1, -0.05) is 17.0 Å². The van der Waals surface area contributed by atoms with E-state index < -0.39 is 22.3 Å². The molecule has 0 aliphatic carbocycles.